The number of nitrogens with one attached hydrogen (secondary N) is 2. The first-order chi connectivity index (χ1) is 32.4. The fourth-order valence-electron chi connectivity index (χ4n) is 7.14. The van der Waals surface area contributed by atoms with Gasteiger partial charge in [0, 0.05) is 47.9 Å². The number of benzene rings is 4. The molecule has 2 amide bonds. The maximum Gasteiger partial charge on any atom is 0.272 e. The van der Waals surface area contributed by atoms with Gasteiger partial charge in [0.2, 0.25) is 11.8 Å². The minimum atomic E-state index is -0.205. The Bertz CT molecular complexity index is 2890. The Morgan fingerprint density at radius 3 is 1.24 bits per heavy atom. The van der Waals surface area contributed by atoms with E-state index in [0.29, 0.717) is 31.7 Å². The molecule has 0 saturated carbocycles. The van der Waals surface area contributed by atoms with Crippen LogP contribution in [-0.2, 0) is 22.4 Å². The molecule has 12 nitrogen and oxygen atoms in total. The molecule has 4 aromatic carbocycles. The topological polar surface area (TPSA) is 154 Å². The first kappa shape index (κ1) is 44.5. The van der Waals surface area contributed by atoms with Crippen molar-refractivity contribution < 1.29 is 9.59 Å². The minimum absolute atomic E-state index is 0.0743. The quantitative estimate of drug-likeness (QED) is 0.0887. The lowest BCUT2D eigenvalue weighted by Gasteiger charge is -2.13. The summed E-state index contributed by atoms with van der Waals surface area (Å²) in [5.41, 5.74) is 7.07. The third-order valence-electron chi connectivity index (χ3n) is 10.3. The summed E-state index contributed by atoms with van der Waals surface area (Å²) in [6.45, 7) is 0. The Hall–Kier alpha value is -6.72. The molecule has 0 aliphatic carbocycles. The molecule has 0 atom stereocenters. The van der Waals surface area contributed by atoms with E-state index < -0.39 is 0 Å². The number of pyridine rings is 2. The molecule has 2 aliphatic rings. The van der Waals surface area contributed by atoms with Gasteiger partial charge in [0.05, 0.1) is 44.1 Å². The van der Waals surface area contributed by atoms with Gasteiger partial charge < -0.3 is 10.6 Å². The van der Waals surface area contributed by atoms with Crippen molar-refractivity contribution in [1.29, 1.82) is 0 Å². The smallest absolute Gasteiger partial charge is 0.272 e. The third-order valence-corrected chi connectivity index (χ3v) is 14.4. The highest BCUT2D eigenvalue weighted by Gasteiger charge is 2.24. The summed E-state index contributed by atoms with van der Waals surface area (Å²) in [5.74, 6) is 2.50. The van der Waals surface area contributed by atoms with Gasteiger partial charge in [0.1, 0.15) is 11.6 Å². The van der Waals surface area contributed by atoms with Crippen LogP contribution in [0.4, 0.5) is 11.6 Å². The molecule has 8 aromatic rings. The highest BCUT2D eigenvalue weighted by molar-refractivity contribution is 8.00. The van der Waals surface area contributed by atoms with Crippen molar-refractivity contribution in [2.75, 3.05) is 33.6 Å². The normalized spacial score (nSPS) is 12.4. The number of hydrogen-bond donors (Lipinski definition) is 2. The molecule has 66 heavy (non-hydrogen) atoms. The van der Waals surface area contributed by atoms with Crippen LogP contribution in [0.25, 0.3) is 33.6 Å². The van der Waals surface area contributed by atoms with Crippen LogP contribution in [0.15, 0.2) is 188 Å². The van der Waals surface area contributed by atoms with E-state index in [9.17, 15) is 19.2 Å². The van der Waals surface area contributed by atoms with Crippen molar-refractivity contribution in [3.63, 3.8) is 0 Å². The molecule has 2 N–H and O–H groups in total. The van der Waals surface area contributed by atoms with E-state index in [-0.39, 0.29) is 34.4 Å². The Kier molecular flexibility index (Phi) is 14.2. The van der Waals surface area contributed by atoms with Crippen LogP contribution in [0.5, 0.6) is 0 Å². The van der Waals surface area contributed by atoms with E-state index in [0.717, 1.165) is 69.4 Å². The van der Waals surface area contributed by atoms with Crippen LogP contribution < -0.4 is 21.8 Å². The van der Waals surface area contributed by atoms with Gasteiger partial charge in [-0.1, -0.05) is 121 Å². The Morgan fingerprint density at radius 2 is 0.879 bits per heavy atom. The molecule has 16 heteroatoms. The number of carbonyl (C=O) groups is 2. The highest BCUT2D eigenvalue weighted by atomic mass is 32.2. The summed E-state index contributed by atoms with van der Waals surface area (Å²) >= 11 is 5.59. The molecule has 4 aromatic heterocycles. The van der Waals surface area contributed by atoms with Crippen molar-refractivity contribution in [2.45, 2.75) is 32.9 Å². The highest BCUT2D eigenvalue weighted by Crippen LogP contribution is 2.32. The molecule has 0 radical (unpaired) electrons. The summed E-state index contributed by atoms with van der Waals surface area (Å²) in [4.78, 5) is 71.1. The first-order valence-corrected chi connectivity index (χ1v) is 24.9. The maximum absolute atomic E-state index is 13.1. The van der Waals surface area contributed by atoms with Crippen molar-refractivity contribution in [2.24, 2.45) is 0 Å². The zero-order valence-electron chi connectivity index (χ0n) is 35.2. The Balaban J connectivity index is 0.000000166. The summed E-state index contributed by atoms with van der Waals surface area (Å²) in [5, 5.41) is 6.70. The average Bonchev–Trinajstić information content (AvgIpc) is 4.05. The number of para-hydroxylation sites is 2. The van der Waals surface area contributed by atoms with Gasteiger partial charge in [0.15, 0.2) is 10.3 Å². The summed E-state index contributed by atoms with van der Waals surface area (Å²) in [6.07, 6.45) is 5.01. The van der Waals surface area contributed by atoms with Gasteiger partial charge in [-0.05, 0) is 59.7 Å². The second-order valence-corrected chi connectivity index (χ2v) is 18.9. The number of carbonyl (C=O) groups excluding carboxylic acids is 2. The number of rotatable bonds is 12. The van der Waals surface area contributed by atoms with Crippen molar-refractivity contribution in [3.05, 3.63) is 190 Å². The molecule has 0 unspecified atom stereocenters. The first-order valence-electron chi connectivity index (χ1n) is 20.9. The zero-order valence-corrected chi connectivity index (χ0v) is 38.5. The number of fused-ring (bicyclic) bond motifs is 2. The predicted molar refractivity (Wildman–Crippen MR) is 267 cm³/mol. The van der Waals surface area contributed by atoms with Crippen molar-refractivity contribution in [3.8, 4) is 33.6 Å². The maximum atomic E-state index is 13.1. The monoisotopic (exact) mass is 944 g/mol. The van der Waals surface area contributed by atoms with E-state index in [4.69, 9.17) is 9.97 Å². The van der Waals surface area contributed by atoms with Crippen LogP contribution >= 0.6 is 47.0 Å². The molecular weight excluding hydrogens is 905 g/mol. The summed E-state index contributed by atoms with van der Waals surface area (Å²) in [7, 11) is 0. The van der Waals surface area contributed by atoms with Gasteiger partial charge in [-0.2, -0.15) is 0 Å². The fraction of sp³-hybridized carbons (Fsp3) is 0.120. The van der Waals surface area contributed by atoms with Crippen LogP contribution in [0.2, 0.25) is 0 Å². The van der Waals surface area contributed by atoms with Gasteiger partial charge in [-0.3, -0.25) is 28.3 Å². The third kappa shape index (κ3) is 10.5. The number of aryl methyl sites for hydroxylation is 2. The predicted octanol–water partition coefficient (Wildman–Crippen LogP) is 9.35. The van der Waals surface area contributed by atoms with Gasteiger partial charge in [-0.25, -0.2) is 19.9 Å². The molecule has 0 fully saturated rings. The van der Waals surface area contributed by atoms with Gasteiger partial charge >= 0.3 is 0 Å². The summed E-state index contributed by atoms with van der Waals surface area (Å²) in [6, 6.07) is 46.2. The second kappa shape index (κ2) is 21.1. The lowest BCUT2D eigenvalue weighted by molar-refractivity contribution is -0.114. The number of anilines is 2. The standard InChI is InChI=1S/2C25H20N4O2S2/c2*30-22(28-21-12-11-18(15-26-21)17-7-3-1-4-8-17)16-33-25-27-20-13-14-32-23(20)24(31)29(25)19-9-5-2-6-10-19/h2*1-12,15H,13-14,16H2,(H,26,28,30). The van der Waals surface area contributed by atoms with E-state index in [1.54, 1.807) is 57.2 Å². The van der Waals surface area contributed by atoms with Gasteiger partial charge in [0.25, 0.3) is 11.1 Å². The Morgan fingerprint density at radius 1 is 0.500 bits per heavy atom. The van der Waals surface area contributed by atoms with Crippen molar-refractivity contribution in [1.82, 2.24) is 29.1 Å². The molecule has 0 spiro atoms. The lowest BCUT2D eigenvalue weighted by Crippen LogP contribution is -2.24. The second-order valence-electron chi connectivity index (χ2n) is 14.8. The van der Waals surface area contributed by atoms with E-state index in [2.05, 4.69) is 20.6 Å². The minimum Gasteiger partial charge on any atom is -0.310 e. The number of aromatic nitrogens is 6. The lowest BCUT2D eigenvalue weighted by atomic mass is 10.1. The van der Waals surface area contributed by atoms with Gasteiger partial charge in [-0.15, -0.1) is 23.5 Å². The average molecular weight is 945 g/mol. The number of hydrogen-bond acceptors (Lipinski definition) is 12. The molecule has 328 valence electrons. The number of nitrogens with zero attached hydrogens (tertiary/aromatic N) is 6. The van der Waals surface area contributed by atoms with Crippen LogP contribution in [0, 0.1) is 0 Å². The molecule has 10 rings (SSSR count). The molecule has 2 aliphatic heterocycles. The molecular formula is C50H40N8O4S4. The van der Waals surface area contributed by atoms with Crippen LogP contribution in [0.3, 0.4) is 0 Å². The van der Waals surface area contributed by atoms with Crippen LogP contribution in [0.1, 0.15) is 11.4 Å². The van der Waals surface area contributed by atoms with E-state index in [1.165, 1.54) is 23.5 Å². The number of thioether (sulfide) groups is 4. The summed E-state index contributed by atoms with van der Waals surface area (Å²) < 4.78 is 3.20. The van der Waals surface area contributed by atoms with Crippen LogP contribution in [-0.4, -0.2) is 63.9 Å². The van der Waals surface area contributed by atoms with Crippen molar-refractivity contribution >= 4 is 70.5 Å². The Labute approximate surface area is 397 Å². The van der Waals surface area contributed by atoms with E-state index >= 15 is 0 Å². The molecule has 0 saturated heterocycles. The van der Waals surface area contributed by atoms with E-state index in [1.807, 2.05) is 133 Å². The SMILES string of the molecule is O=C(CSc1nc2c(c(=O)n1-c1ccccc1)SCC2)Nc1ccc(-c2ccccc2)cn1.O=C(CSc1nc2c(c(=O)n1-c1ccccc1)SCC2)Nc1ccc(-c2ccccc2)cn1. The fourth-order valence-corrected chi connectivity index (χ4v) is 10.9. The zero-order chi connectivity index (χ0) is 45.2. The molecule has 0 bridgehead atoms. The largest absolute Gasteiger partial charge is 0.310 e. The molecule has 6 heterocycles. The number of amides is 2.